The van der Waals surface area contributed by atoms with E-state index in [4.69, 9.17) is 14.2 Å². The molecule has 1 aliphatic rings. The summed E-state index contributed by atoms with van der Waals surface area (Å²) in [5.41, 5.74) is 0.446. The Morgan fingerprint density at radius 2 is 1.74 bits per heavy atom. The third-order valence-corrected chi connectivity index (χ3v) is 4.26. The zero-order valence-corrected chi connectivity index (χ0v) is 16.9. The number of benzene rings is 1. The number of rotatable bonds is 5. The average Bonchev–Trinajstić information content (AvgIpc) is 2.96. The summed E-state index contributed by atoms with van der Waals surface area (Å²) in [5.74, 6) is 0.616. The summed E-state index contributed by atoms with van der Waals surface area (Å²) in [6.45, 7) is 9.76. The van der Waals surface area contributed by atoms with Crippen LogP contribution in [0, 0.1) is 0 Å². The summed E-state index contributed by atoms with van der Waals surface area (Å²) < 4.78 is 17.0. The van der Waals surface area contributed by atoms with E-state index in [2.05, 4.69) is 5.32 Å². The zero-order chi connectivity index (χ0) is 20.2. The molecule has 0 unspecified atom stereocenters. The number of hydrogen-bond acceptors (Lipinski definition) is 5. The van der Waals surface area contributed by atoms with Gasteiger partial charge in [-0.3, -0.25) is 4.79 Å². The molecular formula is C20H30N2O5. The van der Waals surface area contributed by atoms with Gasteiger partial charge in [0.25, 0.3) is 0 Å². The van der Waals surface area contributed by atoms with Crippen molar-refractivity contribution in [1.82, 2.24) is 10.2 Å². The van der Waals surface area contributed by atoms with E-state index >= 15 is 0 Å². The average molecular weight is 378 g/mol. The van der Waals surface area contributed by atoms with Crippen LogP contribution in [-0.2, 0) is 14.3 Å². The number of carbonyl (C=O) groups excluding carboxylic acids is 2. The van der Waals surface area contributed by atoms with E-state index in [-0.39, 0.29) is 30.3 Å². The van der Waals surface area contributed by atoms with E-state index in [1.807, 2.05) is 52.0 Å². The molecule has 1 aromatic rings. The van der Waals surface area contributed by atoms with Crippen LogP contribution in [0.5, 0.6) is 5.75 Å². The number of methoxy groups -OCH3 is 1. The lowest BCUT2D eigenvalue weighted by Crippen LogP contribution is -2.36. The van der Waals surface area contributed by atoms with Gasteiger partial charge in [-0.25, -0.2) is 4.79 Å². The van der Waals surface area contributed by atoms with Crippen molar-refractivity contribution in [2.24, 2.45) is 0 Å². The molecule has 0 saturated carbocycles. The molecule has 0 aromatic heterocycles. The molecule has 2 rings (SSSR count). The van der Waals surface area contributed by atoms with E-state index in [1.54, 1.807) is 12.0 Å². The normalized spacial score (nSPS) is 20.9. The van der Waals surface area contributed by atoms with E-state index in [9.17, 15) is 9.59 Å². The Morgan fingerprint density at radius 3 is 2.26 bits per heavy atom. The topological polar surface area (TPSA) is 77.1 Å². The number of carbonyl (C=O) groups is 2. The van der Waals surface area contributed by atoms with Crippen molar-refractivity contribution in [3.63, 3.8) is 0 Å². The SMILES string of the molecule is CO[C@H]1CN(C(=O)OC(C)(C)C)C[C@H]1Oc1ccc([C@H](C)NC(C)=O)cc1. The van der Waals surface area contributed by atoms with Crippen molar-refractivity contribution in [3.05, 3.63) is 29.8 Å². The first-order valence-electron chi connectivity index (χ1n) is 9.13. The molecule has 1 fully saturated rings. The van der Waals surface area contributed by atoms with Gasteiger partial charge in [0.15, 0.2) is 0 Å². The van der Waals surface area contributed by atoms with Crippen LogP contribution >= 0.6 is 0 Å². The number of nitrogens with one attached hydrogen (secondary N) is 1. The summed E-state index contributed by atoms with van der Waals surface area (Å²) in [6.07, 6.45) is -0.869. The lowest BCUT2D eigenvalue weighted by Gasteiger charge is -2.24. The Balaban J connectivity index is 1.99. The summed E-state index contributed by atoms with van der Waals surface area (Å²) in [5, 5.41) is 2.85. The van der Waals surface area contributed by atoms with Crippen molar-refractivity contribution in [2.75, 3.05) is 20.2 Å². The fourth-order valence-electron chi connectivity index (χ4n) is 2.96. The first kappa shape index (κ1) is 21.0. The van der Waals surface area contributed by atoms with Crippen LogP contribution in [0.25, 0.3) is 0 Å². The zero-order valence-electron chi connectivity index (χ0n) is 16.9. The van der Waals surface area contributed by atoms with Gasteiger partial charge < -0.3 is 24.4 Å². The maximum atomic E-state index is 12.3. The number of ether oxygens (including phenoxy) is 3. The lowest BCUT2D eigenvalue weighted by atomic mass is 10.1. The molecular weight excluding hydrogens is 348 g/mol. The van der Waals surface area contributed by atoms with Crippen molar-refractivity contribution in [1.29, 1.82) is 0 Å². The van der Waals surface area contributed by atoms with Crippen molar-refractivity contribution in [3.8, 4) is 5.75 Å². The predicted molar refractivity (Wildman–Crippen MR) is 102 cm³/mol. The highest BCUT2D eigenvalue weighted by Gasteiger charge is 2.38. The van der Waals surface area contributed by atoms with Crippen LogP contribution in [-0.4, -0.2) is 54.9 Å². The molecule has 0 bridgehead atoms. The van der Waals surface area contributed by atoms with Gasteiger partial charge in [-0.15, -0.1) is 0 Å². The second-order valence-electron chi connectivity index (χ2n) is 7.81. The molecule has 1 aliphatic heterocycles. The molecule has 150 valence electrons. The Kier molecular flexibility index (Phi) is 6.70. The summed E-state index contributed by atoms with van der Waals surface area (Å²) >= 11 is 0. The van der Waals surface area contributed by atoms with Crippen LogP contribution in [0.3, 0.4) is 0 Å². The van der Waals surface area contributed by atoms with Crippen molar-refractivity contribution >= 4 is 12.0 Å². The van der Waals surface area contributed by atoms with Gasteiger partial charge in [0.05, 0.1) is 19.1 Å². The van der Waals surface area contributed by atoms with Crippen LogP contribution in [0.1, 0.15) is 46.2 Å². The van der Waals surface area contributed by atoms with Crippen molar-refractivity contribution < 1.29 is 23.8 Å². The highest BCUT2D eigenvalue weighted by Crippen LogP contribution is 2.24. The highest BCUT2D eigenvalue weighted by molar-refractivity contribution is 5.73. The van der Waals surface area contributed by atoms with Crippen LogP contribution < -0.4 is 10.1 Å². The lowest BCUT2D eigenvalue weighted by molar-refractivity contribution is -0.119. The summed E-state index contributed by atoms with van der Waals surface area (Å²) in [4.78, 5) is 25.1. The van der Waals surface area contributed by atoms with Crippen molar-refractivity contribution in [2.45, 2.75) is 58.5 Å². The monoisotopic (exact) mass is 378 g/mol. The van der Waals surface area contributed by atoms with E-state index < -0.39 is 5.60 Å². The molecule has 0 spiro atoms. The minimum atomic E-state index is -0.543. The molecule has 7 nitrogen and oxygen atoms in total. The molecule has 1 N–H and O–H groups in total. The van der Waals surface area contributed by atoms with Gasteiger partial charge >= 0.3 is 6.09 Å². The second-order valence-corrected chi connectivity index (χ2v) is 7.81. The second kappa shape index (κ2) is 8.61. The predicted octanol–water partition coefficient (Wildman–Crippen LogP) is 2.90. The summed E-state index contributed by atoms with van der Waals surface area (Å²) in [7, 11) is 1.61. The molecule has 27 heavy (non-hydrogen) atoms. The number of likely N-dealkylation sites (tertiary alicyclic amines) is 1. The molecule has 1 heterocycles. The van der Waals surface area contributed by atoms with Crippen LogP contribution in [0.15, 0.2) is 24.3 Å². The Bertz CT molecular complexity index is 653. The Hall–Kier alpha value is -2.28. The van der Waals surface area contributed by atoms with Gasteiger partial charge in [-0.2, -0.15) is 0 Å². The molecule has 1 saturated heterocycles. The first-order valence-corrected chi connectivity index (χ1v) is 9.13. The molecule has 3 atom stereocenters. The van der Waals surface area contributed by atoms with Gasteiger partial charge in [0.2, 0.25) is 5.91 Å². The largest absolute Gasteiger partial charge is 0.486 e. The minimum Gasteiger partial charge on any atom is -0.486 e. The van der Waals surface area contributed by atoms with Crippen LogP contribution in [0.2, 0.25) is 0 Å². The maximum Gasteiger partial charge on any atom is 0.410 e. The number of nitrogens with zero attached hydrogens (tertiary/aromatic N) is 1. The molecule has 2 amide bonds. The highest BCUT2D eigenvalue weighted by atomic mass is 16.6. The standard InChI is InChI=1S/C20H30N2O5/c1-13(21-14(2)23)15-7-9-16(10-8-15)26-18-12-22(11-17(18)25-6)19(24)27-20(3,4)5/h7-10,13,17-18H,11-12H2,1-6H3,(H,21,23)/t13-,17-,18+/m0/s1. The molecule has 1 aromatic carbocycles. The molecule has 7 heteroatoms. The van der Waals surface area contributed by atoms with Gasteiger partial charge in [-0.05, 0) is 45.4 Å². The van der Waals surface area contributed by atoms with Gasteiger partial charge in [-0.1, -0.05) is 12.1 Å². The number of amides is 2. The molecule has 0 radical (unpaired) electrons. The van der Waals surface area contributed by atoms with E-state index in [1.165, 1.54) is 6.92 Å². The Labute approximate surface area is 161 Å². The Morgan fingerprint density at radius 1 is 1.15 bits per heavy atom. The van der Waals surface area contributed by atoms with E-state index in [0.717, 1.165) is 5.56 Å². The van der Waals surface area contributed by atoms with E-state index in [0.29, 0.717) is 18.8 Å². The first-order chi connectivity index (χ1) is 12.6. The van der Waals surface area contributed by atoms with Crippen LogP contribution in [0.4, 0.5) is 4.79 Å². The minimum absolute atomic E-state index is 0.0704. The summed E-state index contributed by atoms with van der Waals surface area (Å²) in [6, 6.07) is 7.47. The smallest absolute Gasteiger partial charge is 0.410 e. The van der Waals surface area contributed by atoms with Gasteiger partial charge in [0.1, 0.15) is 23.6 Å². The number of hydrogen-bond donors (Lipinski definition) is 1. The molecule has 0 aliphatic carbocycles. The third-order valence-electron chi connectivity index (χ3n) is 4.26. The third kappa shape index (κ3) is 6.13. The van der Waals surface area contributed by atoms with Gasteiger partial charge in [0, 0.05) is 14.0 Å². The fraction of sp³-hybridized carbons (Fsp3) is 0.600. The maximum absolute atomic E-state index is 12.3. The fourth-order valence-corrected chi connectivity index (χ4v) is 2.96. The quantitative estimate of drug-likeness (QED) is 0.852.